The first kappa shape index (κ1) is 11.2. The van der Waals surface area contributed by atoms with E-state index >= 15 is 0 Å². The van der Waals surface area contributed by atoms with E-state index in [1.54, 1.807) is 0 Å². The van der Waals surface area contributed by atoms with Gasteiger partial charge < -0.3 is 4.74 Å². The first-order chi connectivity index (χ1) is 6.15. The molecule has 0 bridgehead atoms. The Morgan fingerprint density at radius 3 is 2.62 bits per heavy atom. The molecule has 0 saturated heterocycles. The van der Waals surface area contributed by atoms with E-state index in [-0.39, 0.29) is 18.4 Å². The molecule has 0 aliphatic carbocycles. The van der Waals surface area contributed by atoms with Crippen molar-refractivity contribution in [1.29, 1.82) is 10.5 Å². The minimum absolute atomic E-state index is 0.104. The summed E-state index contributed by atoms with van der Waals surface area (Å²) in [6, 6.07) is 3.79. The molecule has 1 atom stereocenters. The lowest BCUT2D eigenvalue weighted by molar-refractivity contribution is -0.136. The molecule has 0 saturated carbocycles. The van der Waals surface area contributed by atoms with Gasteiger partial charge in [-0.3, -0.25) is 0 Å². The molecule has 0 spiro atoms. The third-order valence-electron chi connectivity index (χ3n) is 1.49. The Labute approximate surface area is 77.0 Å². The zero-order chi connectivity index (χ0) is 10.3. The van der Waals surface area contributed by atoms with Gasteiger partial charge in [-0.05, 0) is 6.42 Å². The van der Waals surface area contributed by atoms with Gasteiger partial charge in [-0.1, -0.05) is 6.58 Å². The van der Waals surface area contributed by atoms with E-state index in [4.69, 9.17) is 10.5 Å². The van der Waals surface area contributed by atoms with Crippen LogP contribution in [0.2, 0.25) is 0 Å². The average Bonchev–Trinajstić information content (AvgIpc) is 2.15. The summed E-state index contributed by atoms with van der Waals surface area (Å²) in [7, 11) is 1.25. The van der Waals surface area contributed by atoms with Crippen LogP contribution >= 0.6 is 0 Å². The number of nitriles is 2. The molecule has 1 unspecified atom stereocenters. The Kier molecular flexibility index (Phi) is 4.99. The number of hydrogen-bond acceptors (Lipinski definition) is 4. The zero-order valence-corrected chi connectivity index (χ0v) is 7.41. The van der Waals surface area contributed by atoms with Crippen LogP contribution in [0.1, 0.15) is 12.8 Å². The van der Waals surface area contributed by atoms with E-state index in [9.17, 15) is 4.79 Å². The number of methoxy groups -OCH3 is 1. The van der Waals surface area contributed by atoms with Crippen LogP contribution in [0.15, 0.2) is 12.2 Å². The highest BCUT2D eigenvalue weighted by atomic mass is 16.5. The summed E-state index contributed by atoms with van der Waals surface area (Å²) in [5.41, 5.74) is 0.226. The highest BCUT2D eigenvalue weighted by Crippen LogP contribution is 2.13. The molecule has 0 aromatic carbocycles. The number of esters is 1. The molecule has 0 rings (SSSR count). The van der Waals surface area contributed by atoms with Crippen molar-refractivity contribution >= 4 is 5.97 Å². The summed E-state index contributed by atoms with van der Waals surface area (Å²) in [6.45, 7) is 3.46. The lowest BCUT2D eigenvalue weighted by Gasteiger charge is -2.05. The summed E-state index contributed by atoms with van der Waals surface area (Å²) < 4.78 is 4.40. The second kappa shape index (κ2) is 5.79. The number of ether oxygens (including phenoxy) is 1. The molecule has 0 fully saturated rings. The second-order valence-electron chi connectivity index (χ2n) is 2.49. The van der Waals surface area contributed by atoms with Gasteiger partial charge in [0, 0.05) is 5.57 Å². The Morgan fingerprint density at radius 2 is 2.23 bits per heavy atom. The van der Waals surface area contributed by atoms with Gasteiger partial charge in [0.25, 0.3) is 0 Å². The van der Waals surface area contributed by atoms with Crippen molar-refractivity contribution in [3.05, 3.63) is 12.2 Å². The molecule has 0 amide bonds. The number of carbonyl (C=O) groups excluding carboxylic acids is 1. The third kappa shape index (κ3) is 3.93. The molecule has 0 aliphatic rings. The van der Waals surface area contributed by atoms with E-state index in [0.717, 1.165) is 0 Å². The monoisotopic (exact) mass is 178 g/mol. The number of carbonyl (C=O) groups is 1. The Bertz CT molecular complexity index is 283. The summed E-state index contributed by atoms with van der Waals surface area (Å²) >= 11 is 0. The largest absolute Gasteiger partial charge is 0.466 e. The predicted molar refractivity (Wildman–Crippen MR) is 45.1 cm³/mol. The van der Waals surface area contributed by atoms with Crippen molar-refractivity contribution in [2.24, 2.45) is 5.92 Å². The van der Waals surface area contributed by atoms with Gasteiger partial charge in [0.05, 0.1) is 31.6 Å². The molecule has 0 heterocycles. The van der Waals surface area contributed by atoms with Crippen molar-refractivity contribution in [3.63, 3.8) is 0 Å². The zero-order valence-electron chi connectivity index (χ0n) is 7.41. The average molecular weight is 178 g/mol. The molecule has 0 radical (unpaired) electrons. The summed E-state index contributed by atoms with van der Waals surface area (Å²) in [5, 5.41) is 16.9. The maximum absolute atomic E-state index is 10.9. The van der Waals surface area contributed by atoms with E-state index in [1.807, 2.05) is 12.1 Å². The Balaban J connectivity index is 4.12. The molecule has 0 N–H and O–H groups in total. The topological polar surface area (TPSA) is 73.9 Å². The number of hydrogen-bond donors (Lipinski definition) is 0. The highest BCUT2D eigenvalue weighted by molar-refractivity contribution is 5.87. The van der Waals surface area contributed by atoms with Crippen LogP contribution in [-0.4, -0.2) is 13.1 Å². The molecular weight excluding hydrogens is 168 g/mol. The molecule has 13 heavy (non-hydrogen) atoms. The van der Waals surface area contributed by atoms with Crippen LogP contribution < -0.4 is 0 Å². The first-order valence-electron chi connectivity index (χ1n) is 3.68. The van der Waals surface area contributed by atoms with Crippen LogP contribution in [-0.2, 0) is 9.53 Å². The van der Waals surface area contributed by atoms with E-state index in [1.165, 1.54) is 7.11 Å². The molecule has 0 aromatic rings. The summed E-state index contributed by atoms with van der Waals surface area (Å²) in [5.74, 6) is -1.00. The van der Waals surface area contributed by atoms with Gasteiger partial charge in [-0.2, -0.15) is 10.5 Å². The van der Waals surface area contributed by atoms with Gasteiger partial charge in [-0.15, -0.1) is 0 Å². The summed E-state index contributed by atoms with van der Waals surface area (Å²) in [4.78, 5) is 10.9. The smallest absolute Gasteiger partial charge is 0.333 e. The molecular formula is C9H10N2O2. The van der Waals surface area contributed by atoms with E-state index < -0.39 is 11.9 Å². The Morgan fingerprint density at radius 1 is 1.62 bits per heavy atom. The van der Waals surface area contributed by atoms with Crippen molar-refractivity contribution in [3.8, 4) is 12.1 Å². The maximum Gasteiger partial charge on any atom is 0.333 e. The van der Waals surface area contributed by atoms with E-state index in [2.05, 4.69) is 11.3 Å². The van der Waals surface area contributed by atoms with Crippen molar-refractivity contribution in [2.45, 2.75) is 12.8 Å². The molecule has 68 valence electrons. The van der Waals surface area contributed by atoms with Crippen molar-refractivity contribution in [1.82, 2.24) is 0 Å². The predicted octanol–water partition coefficient (Wildman–Crippen LogP) is 1.16. The SMILES string of the molecule is C=C(CC(C#N)CC#N)C(=O)OC. The van der Waals surface area contributed by atoms with Crippen molar-refractivity contribution < 1.29 is 9.53 Å². The van der Waals surface area contributed by atoms with Crippen molar-refractivity contribution in [2.75, 3.05) is 7.11 Å². The third-order valence-corrected chi connectivity index (χ3v) is 1.49. The minimum Gasteiger partial charge on any atom is -0.466 e. The fourth-order valence-corrected chi connectivity index (χ4v) is 0.799. The molecule has 0 aromatic heterocycles. The van der Waals surface area contributed by atoms with Crippen LogP contribution in [0.25, 0.3) is 0 Å². The van der Waals surface area contributed by atoms with Crippen LogP contribution in [0.3, 0.4) is 0 Å². The lowest BCUT2D eigenvalue weighted by atomic mass is 9.99. The number of rotatable bonds is 4. The van der Waals surface area contributed by atoms with Gasteiger partial charge in [0.1, 0.15) is 0 Å². The van der Waals surface area contributed by atoms with Gasteiger partial charge in [-0.25, -0.2) is 4.79 Å². The normalized spacial score (nSPS) is 10.7. The first-order valence-corrected chi connectivity index (χ1v) is 3.68. The van der Waals surface area contributed by atoms with Crippen LogP contribution in [0, 0.1) is 28.6 Å². The Hall–Kier alpha value is -1.81. The molecule has 4 heteroatoms. The maximum atomic E-state index is 10.9. The fourth-order valence-electron chi connectivity index (χ4n) is 0.799. The molecule has 0 aliphatic heterocycles. The fraction of sp³-hybridized carbons (Fsp3) is 0.444. The quantitative estimate of drug-likeness (QED) is 0.478. The van der Waals surface area contributed by atoms with Gasteiger partial charge >= 0.3 is 5.97 Å². The molecule has 4 nitrogen and oxygen atoms in total. The van der Waals surface area contributed by atoms with Gasteiger partial charge in [0.15, 0.2) is 0 Å². The second-order valence-corrected chi connectivity index (χ2v) is 2.49. The van der Waals surface area contributed by atoms with Crippen LogP contribution in [0.5, 0.6) is 0 Å². The van der Waals surface area contributed by atoms with E-state index in [0.29, 0.717) is 0 Å². The number of nitrogens with zero attached hydrogens (tertiary/aromatic N) is 2. The van der Waals surface area contributed by atoms with Crippen LogP contribution in [0.4, 0.5) is 0 Å². The minimum atomic E-state index is -0.529. The standard InChI is InChI=1S/C9H10N2O2/c1-7(9(12)13-2)5-8(6-11)3-4-10/h8H,1,3,5H2,2H3. The summed E-state index contributed by atoms with van der Waals surface area (Å²) in [6.07, 6.45) is 0.295. The highest BCUT2D eigenvalue weighted by Gasteiger charge is 2.14. The van der Waals surface area contributed by atoms with Gasteiger partial charge in [0.2, 0.25) is 0 Å². The lowest BCUT2D eigenvalue weighted by Crippen LogP contribution is -2.08.